The zero-order valence-electron chi connectivity index (χ0n) is 17.8. The Kier molecular flexibility index (Phi) is 5.87. The summed E-state index contributed by atoms with van der Waals surface area (Å²) in [6.45, 7) is 10.5. The lowest BCUT2D eigenvalue weighted by atomic mass is 10.0. The van der Waals surface area contributed by atoms with Crippen LogP contribution in [0.4, 0.5) is 5.69 Å². The van der Waals surface area contributed by atoms with Crippen molar-refractivity contribution < 1.29 is 13.2 Å². The molecule has 6 nitrogen and oxygen atoms in total. The summed E-state index contributed by atoms with van der Waals surface area (Å²) in [5, 5.41) is 0. The highest BCUT2D eigenvalue weighted by atomic mass is 32.2. The second kappa shape index (κ2) is 7.91. The number of carbonyl (C=O) groups is 1. The van der Waals surface area contributed by atoms with Crippen molar-refractivity contribution >= 4 is 29.9 Å². The third kappa shape index (κ3) is 4.87. The monoisotopic (exact) mass is 431 g/mol. The van der Waals surface area contributed by atoms with E-state index in [1.807, 2.05) is 44.2 Å². The van der Waals surface area contributed by atoms with Gasteiger partial charge in [0.2, 0.25) is 0 Å². The molecule has 0 N–H and O–H groups in total. The van der Waals surface area contributed by atoms with Gasteiger partial charge in [0.25, 0.3) is 5.91 Å². The molecule has 1 aromatic carbocycles. The number of benzene rings is 1. The third-order valence-corrected chi connectivity index (χ3v) is 8.59. The van der Waals surface area contributed by atoms with E-state index in [0.29, 0.717) is 12.1 Å². The van der Waals surface area contributed by atoms with Crippen LogP contribution in [-0.2, 0) is 21.4 Å². The van der Waals surface area contributed by atoms with Crippen LogP contribution < -0.4 is 4.31 Å². The van der Waals surface area contributed by atoms with Crippen LogP contribution in [0.5, 0.6) is 0 Å². The summed E-state index contributed by atoms with van der Waals surface area (Å²) in [7, 11) is -5.29. The van der Waals surface area contributed by atoms with Gasteiger partial charge in [-0.15, -0.1) is 0 Å². The fraction of sp³-hybridized carbons (Fsp3) is 0.429. The van der Waals surface area contributed by atoms with Gasteiger partial charge in [-0.1, -0.05) is 37.8 Å². The predicted molar refractivity (Wildman–Crippen MR) is 119 cm³/mol. The molecule has 29 heavy (non-hydrogen) atoms. The average molecular weight is 432 g/mol. The van der Waals surface area contributed by atoms with Crippen molar-refractivity contribution in [3.8, 4) is 0 Å². The quantitative estimate of drug-likeness (QED) is 0.656. The van der Waals surface area contributed by atoms with E-state index >= 15 is 0 Å². The van der Waals surface area contributed by atoms with Crippen LogP contribution in [0.3, 0.4) is 0 Å². The first-order valence-electron chi connectivity index (χ1n) is 9.83. The fourth-order valence-corrected chi connectivity index (χ4v) is 6.09. The lowest BCUT2D eigenvalue weighted by Crippen LogP contribution is -2.37. The van der Waals surface area contributed by atoms with E-state index in [0.717, 1.165) is 32.9 Å². The molecular weight excluding hydrogens is 402 g/mol. The van der Waals surface area contributed by atoms with Crippen LogP contribution in [0.2, 0.25) is 25.7 Å². The van der Waals surface area contributed by atoms with E-state index in [1.165, 1.54) is 4.31 Å². The van der Waals surface area contributed by atoms with E-state index in [-0.39, 0.29) is 19.0 Å². The minimum absolute atomic E-state index is 0.131. The number of rotatable bonds is 6. The molecule has 3 rings (SSSR count). The number of anilines is 1. The molecule has 0 saturated carbocycles. The van der Waals surface area contributed by atoms with Gasteiger partial charge in [-0.05, 0) is 49.2 Å². The van der Waals surface area contributed by atoms with Crippen LogP contribution in [0, 0.1) is 13.8 Å². The molecule has 0 radical (unpaired) electrons. The van der Waals surface area contributed by atoms with Crippen LogP contribution in [-0.4, -0.2) is 44.8 Å². The molecule has 8 heteroatoms. The highest BCUT2D eigenvalue weighted by molar-refractivity contribution is 7.91. The Hall–Kier alpha value is -2.19. The number of aryl methyl sites for hydroxylation is 2. The van der Waals surface area contributed by atoms with Crippen LogP contribution >= 0.6 is 0 Å². The lowest BCUT2D eigenvalue weighted by Gasteiger charge is -2.23. The average Bonchev–Trinajstić information content (AvgIpc) is 2.81. The van der Waals surface area contributed by atoms with Crippen molar-refractivity contribution in [3.63, 3.8) is 0 Å². The Morgan fingerprint density at radius 3 is 2.45 bits per heavy atom. The predicted octanol–water partition coefficient (Wildman–Crippen LogP) is 3.52. The summed E-state index contributed by atoms with van der Waals surface area (Å²) in [6.07, 6.45) is 0.677. The smallest absolute Gasteiger partial charge is 0.272 e. The number of hydrogen-bond donors (Lipinski definition) is 0. The van der Waals surface area contributed by atoms with E-state index in [2.05, 4.69) is 24.6 Å². The zero-order chi connectivity index (χ0) is 21.4. The van der Waals surface area contributed by atoms with Crippen molar-refractivity contribution in [1.82, 2.24) is 9.29 Å². The summed E-state index contributed by atoms with van der Waals surface area (Å²) in [5.74, 6) is -0.351. The van der Waals surface area contributed by atoms with E-state index < -0.39 is 18.3 Å². The van der Waals surface area contributed by atoms with Crippen molar-refractivity contribution in [2.75, 3.05) is 17.4 Å². The van der Waals surface area contributed by atoms with Gasteiger partial charge in [-0.25, -0.2) is 8.61 Å². The maximum Gasteiger partial charge on any atom is 0.329 e. The lowest BCUT2D eigenvalue weighted by molar-refractivity contribution is -0.123. The normalized spacial score (nSPS) is 16.5. The van der Waals surface area contributed by atoms with Crippen molar-refractivity contribution in [2.45, 2.75) is 46.0 Å². The second-order valence-corrected chi connectivity index (χ2v) is 16.3. The number of hydrogen-bond acceptors (Lipinski definition) is 4. The maximum atomic E-state index is 13.0. The first-order valence-corrected chi connectivity index (χ1v) is 14.9. The van der Waals surface area contributed by atoms with Gasteiger partial charge in [0, 0.05) is 32.4 Å². The third-order valence-electron chi connectivity index (χ3n) is 5.04. The molecule has 0 unspecified atom stereocenters. The Morgan fingerprint density at radius 2 is 1.83 bits per heavy atom. The number of nitrogens with zero attached hydrogens (tertiary/aromatic N) is 3. The Bertz CT molecular complexity index is 1030. The largest absolute Gasteiger partial charge is 0.329 e. The van der Waals surface area contributed by atoms with Gasteiger partial charge in [0.05, 0.1) is 5.69 Å². The first kappa shape index (κ1) is 21.5. The Balaban J connectivity index is 1.82. The molecule has 1 aliphatic heterocycles. The molecule has 0 aliphatic carbocycles. The Morgan fingerprint density at radius 1 is 1.10 bits per heavy atom. The van der Waals surface area contributed by atoms with Crippen molar-refractivity contribution in [1.29, 1.82) is 0 Å². The topological polar surface area (TPSA) is 70.6 Å². The second-order valence-electron chi connectivity index (χ2n) is 8.86. The highest BCUT2D eigenvalue weighted by Gasteiger charge is 2.43. The number of aromatic nitrogens is 1. The number of carbonyl (C=O) groups excluding carboxylic acids is 1. The Labute approximate surface area is 174 Å². The molecule has 2 aromatic rings. The molecule has 1 saturated heterocycles. The van der Waals surface area contributed by atoms with Gasteiger partial charge >= 0.3 is 10.2 Å². The van der Waals surface area contributed by atoms with Gasteiger partial charge < -0.3 is 0 Å². The molecule has 2 heterocycles. The first-order chi connectivity index (χ1) is 13.5. The molecule has 1 fully saturated rings. The minimum atomic E-state index is -3.83. The number of amides is 1. The molecular formula is C21H29N3O3SSi. The molecule has 0 bridgehead atoms. The summed E-state index contributed by atoms with van der Waals surface area (Å²) < 4.78 is 28.3. The molecule has 1 aliphatic rings. The SMILES string of the molecule is Cc1cccc(Cc2ccc(N3CC(=O)N(CC[Si](C)(C)C)S3(=O)=O)c(C)c2)n1. The zero-order valence-corrected chi connectivity index (χ0v) is 19.6. The maximum absolute atomic E-state index is 13.0. The van der Waals surface area contributed by atoms with Gasteiger partial charge in [0.15, 0.2) is 0 Å². The molecule has 0 atom stereocenters. The van der Waals surface area contributed by atoms with E-state index in [1.54, 1.807) is 6.07 Å². The van der Waals surface area contributed by atoms with Crippen LogP contribution in [0.15, 0.2) is 36.4 Å². The van der Waals surface area contributed by atoms with Gasteiger partial charge in [0.1, 0.15) is 6.54 Å². The van der Waals surface area contributed by atoms with Crippen molar-refractivity contribution in [3.05, 3.63) is 58.9 Å². The molecule has 1 aromatic heterocycles. The van der Waals surface area contributed by atoms with Gasteiger partial charge in [-0.2, -0.15) is 8.42 Å². The molecule has 0 spiro atoms. The fourth-order valence-electron chi connectivity index (χ4n) is 3.43. The highest BCUT2D eigenvalue weighted by Crippen LogP contribution is 2.30. The van der Waals surface area contributed by atoms with Crippen LogP contribution in [0.1, 0.15) is 22.5 Å². The number of pyridine rings is 1. The molecule has 1 amide bonds. The van der Waals surface area contributed by atoms with E-state index in [9.17, 15) is 13.2 Å². The minimum Gasteiger partial charge on any atom is -0.272 e. The summed E-state index contributed by atoms with van der Waals surface area (Å²) in [4.78, 5) is 17.0. The van der Waals surface area contributed by atoms with Gasteiger partial charge in [-0.3, -0.25) is 9.78 Å². The summed E-state index contributed by atoms with van der Waals surface area (Å²) in [5.41, 5.74) is 4.39. The summed E-state index contributed by atoms with van der Waals surface area (Å²) >= 11 is 0. The van der Waals surface area contributed by atoms with Crippen molar-refractivity contribution in [2.24, 2.45) is 0 Å². The van der Waals surface area contributed by atoms with E-state index in [4.69, 9.17) is 0 Å². The standard InChI is InChI=1S/C21H29N3O3SSi/c1-16-13-18(14-19-8-6-7-17(2)22-19)9-10-20(16)24-15-21(25)23(28(24,26)27)11-12-29(3,4)5/h6-10,13H,11-12,14-15H2,1-5H3. The van der Waals surface area contributed by atoms with Crippen LogP contribution in [0.25, 0.3) is 0 Å². The summed E-state index contributed by atoms with van der Waals surface area (Å²) in [6, 6.07) is 12.4. The molecule has 156 valence electrons.